The van der Waals surface area contributed by atoms with Crippen LogP contribution in [0.3, 0.4) is 0 Å². The molecule has 4 aliphatic rings. The SMILES string of the molecule is CC(C)(O)/C=C/C[C@](C)(O)[C@H]1CC[C@@]2(C)[C@@H]3CC=C4[C@@H](CC[C@H](O)C4(C)C)[C@]3(C)C(=O)C[C@]12C. The van der Waals surface area contributed by atoms with Gasteiger partial charge in [-0.15, -0.1) is 0 Å². The summed E-state index contributed by atoms with van der Waals surface area (Å²) >= 11 is 0. The highest BCUT2D eigenvalue weighted by atomic mass is 16.3. The lowest BCUT2D eigenvalue weighted by Crippen LogP contribution is -2.64. The van der Waals surface area contributed by atoms with Crippen molar-refractivity contribution < 1.29 is 20.1 Å². The van der Waals surface area contributed by atoms with Crippen LogP contribution >= 0.6 is 0 Å². The van der Waals surface area contributed by atoms with Gasteiger partial charge in [0.1, 0.15) is 5.78 Å². The van der Waals surface area contributed by atoms with Gasteiger partial charge in [-0.25, -0.2) is 0 Å². The largest absolute Gasteiger partial charge is 0.392 e. The van der Waals surface area contributed by atoms with Crippen LogP contribution in [0.4, 0.5) is 0 Å². The number of carbonyl (C=O) groups excluding carboxylic acids is 1. The first kappa shape index (κ1) is 26.1. The first-order chi connectivity index (χ1) is 15.4. The Bertz CT molecular complexity index is 905. The fourth-order valence-electron chi connectivity index (χ4n) is 9.15. The minimum absolute atomic E-state index is 0.0277. The van der Waals surface area contributed by atoms with E-state index in [4.69, 9.17) is 0 Å². The molecule has 4 nitrogen and oxygen atoms in total. The van der Waals surface area contributed by atoms with Gasteiger partial charge in [0.2, 0.25) is 0 Å². The Morgan fingerprint density at radius 1 is 1.03 bits per heavy atom. The highest BCUT2D eigenvalue weighted by Crippen LogP contribution is 2.74. The summed E-state index contributed by atoms with van der Waals surface area (Å²) in [5, 5.41) is 32.5. The van der Waals surface area contributed by atoms with Crippen LogP contribution in [0.25, 0.3) is 0 Å². The van der Waals surface area contributed by atoms with Crippen LogP contribution in [0.2, 0.25) is 0 Å². The average Bonchev–Trinajstić information content (AvgIpc) is 2.96. The quantitative estimate of drug-likeness (QED) is 0.466. The second kappa shape index (κ2) is 7.76. The van der Waals surface area contributed by atoms with Gasteiger partial charge in [-0.2, -0.15) is 0 Å². The van der Waals surface area contributed by atoms with Crippen molar-refractivity contribution in [2.75, 3.05) is 0 Å². The van der Waals surface area contributed by atoms with E-state index in [1.807, 2.05) is 13.0 Å². The smallest absolute Gasteiger partial charge is 0.140 e. The fourth-order valence-corrected chi connectivity index (χ4v) is 9.15. The van der Waals surface area contributed by atoms with Crippen LogP contribution in [0.15, 0.2) is 23.8 Å². The topological polar surface area (TPSA) is 77.8 Å². The van der Waals surface area contributed by atoms with Crippen LogP contribution < -0.4 is 0 Å². The van der Waals surface area contributed by atoms with Gasteiger partial charge >= 0.3 is 0 Å². The van der Waals surface area contributed by atoms with E-state index in [1.54, 1.807) is 19.9 Å². The van der Waals surface area contributed by atoms with Gasteiger partial charge in [0.15, 0.2) is 0 Å². The lowest BCUT2D eigenvalue weighted by molar-refractivity contribution is -0.179. The maximum absolute atomic E-state index is 14.2. The van der Waals surface area contributed by atoms with Gasteiger partial charge in [-0.1, -0.05) is 58.4 Å². The van der Waals surface area contributed by atoms with E-state index in [9.17, 15) is 20.1 Å². The number of aliphatic hydroxyl groups is 3. The van der Waals surface area contributed by atoms with E-state index in [2.05, 4.69) is 40.7 Å². The number of Topliss-reactive ketones (excluding diaryl/α,β-unsaturated/α-hetero) is 1. The molecule has 0 saturated heterocycles. The summed E-state index contributed by atoms with van der Waals surface area (Å²) in [4.78, 5) is 14.2. The summed E-state index contributed by atoms with van der Waals surface area (Å²) in [5.74, 6) is 0.835. The van der Waals surface area contributed by atoms with E-state index in [0.717, 1.165) is 32.1 Å². The standard InChI is InChI=1S/C30H48O4/c1-25(2,33)15-9-16-29(7,34)21-14-17-27(5)22-12-10-19-20(11-13-23(31)26(19,3)4)30(22,8)24(32)18-28(21,27)6/h9-10,15,20-23,31,33-34H,11-14,16-18H2,1-8H3/b15-9+/t20-,21+,22+,23+,27+,28-,29+,30+/m1/s1. The molecule has 3 N–H and O–H groups in total. The van der Waals surface area contributed by atoms with Crippen LogP contribution in [-0.2, 0) is 4.79 Å². The van der Waals surface area contributed by atoms with Crippen molar-refractivity contribution in [2.45, 2.75) is 118 Å². The Hall–Kier alpha value is -0.970. The van der Waals surface area contributed by atoms with Gasteiger partial charge in [0.05, 0.1) is 17.3 Å². The van der Waals surface area contributed by atoms with Crippen LogP contribution in [0.5, 0.6) is 0 Å². The number of hydrogen-bond donors (Lipinski definition) is 3. The predicted molar refractivity (Wildman–Crippen MR) is 136 cm³/mol. The molecule has 0 bridgehead atoms. The molecule has 0 unspecified atom stereocenters. The molecule has 4 rings (SSSR count). The van der Waals surface area contributed by atoms with Crippen molar-refractivity contribution in [2.24, 2.45) is 39.4 Å². The molecule has 8 atom stereocenters. The van der Waals surface area contributed by atoms with E-state index in [-0.39, 0.29) is 40.1 Å². The van der Waals surface area contributed by atoms with Gasteiger partial charge in [0, 0.05) is 17.3 Å². The first-order valence-electron chi connectivity index (χ1n) is 13.5. The van der Waals surface area contributed by atoms with E-state index in [1.165, 1.54) is 5.57 Å². The summed E-state index contributed by atoms with van der Waals surface area (Å²) < 4.78 is 0. The molecule has 4 heteroatoms. The Labute approximate surface area is 206 Å². The monoisotopic (exact) mass is 472 g/mol. The average molecular weight is 473 g/mol. The number of aliphatic hydroxyl groups excluding tert-OH is 1. The highest BCUT2D eigenvalue weighted by Gasteiger charge is 2.71. The van der Waals surface area contributed by atoms with Gasteiger partial charge in [0.25, 0.3) is 0 Å². The molecule has 0 amide bonds. The molecule has 34 heavy (non-hydrogen) atoms. The lowest BCUT2D eigenvalue weighted by atomic mass is 9.38. The Balaban J connectivity index is 1.71. The van der Waals surface area contributed by atoms with E-state index >= 15 is 0 Å². The van der Waals surface area contributed by atoms with Crippen molar-refractivity contribution in [3.8, 4) is 0 Å². The molecule has 192 valence electrons. The summed E-state index contributed by atoms with van der Waals surface area (Å²) in [5.41, 5.74) is -1.54. The fraction of sp³-hybridized carbons (Fsp3) is 0.833. The summed E-state index contributed by atoms with van der Waals surface area (Å²) in [6.45, 7) is 16.6. The van der Waals surface area contributed by atoms with Crippen molar-refractivity contribution in [1.29, 1.82) is 0 Å². The lowest BCUT2D eigenvalue weighted by Gasteiger charge is -2.65. The number of allylic oxidation sites excluding steroid dienone is 1. The molecule has 0 aliphatic heterocycles. The summed E-state index contributed by atoms with van der Waals surface area (Å²) in [6, 6.07) is 0. The number of carbonyl (C=O) groups is 1. The van der Waals surface area contributed by atoms with E-state index < -0.39 is 16.6 Å². The predicted octanol–water partition coefficient (Wildman–Crippen LogP) is 5.60. The minimum Gasteiger partial charge on any atom is -0.392 e. The second-order valence-electron chi connectivity index (χ2n) is 14.2. The van der Waals surface area contributed by atoms with Crippen molar-refractivity contribution in [3.63, 3.8) is 0 Å². The number of ketones is 1. The molecule has 0 spiro atoms. The number of fused-ring (bicyclic) bond motifs is 5. The summed E-state index contributed by atoms with van der Waals surface area (Å²) in [7, 11) is 0. The maximum atomic E-state index is 14.2. The molecule has 0 aromatic rings. The molecular formula is C30H48O4. The highest BCUT2D eigenvalue weighted by molar-refractivity contribution is 5.88. The first-order valence-corrected chi connectivity index (χ1v) is 13.5. The van der Waals surface area contributed by atoms with Gasteiger partial charge in [-0.05, 0) is 87.9 Å². The zero-order valence-corrected chi connectivity index (χ0v) is 22.7. The molecule has 0 aromatic carbocycles. The normalized spacial score (nSPS) is 45.9. The van der Waals surface area contributed by atoms with Crippen molar-refractivity contribution in [1.82, 2.24) is 0 Å². The number of hydrogen-bond acceptors (Lipinski definition) is 4. The molecule has 3 fully saturated rings. The maximum Gasteiger partial charge on any atom is 0.140 e. The second-order valence-corrected chi connectivity index (χ2v) is 14.2. The third-order valence-corrected chi connectivity index (χ3v) is 11.4. The molecule has 4 aliphatic carbocycles. The zero-order chi connectivity index (χ0) is 25.5. The molecule has 0 aromatic heterocycles. The van der Waals surface area contributed by atoms with Crippen LogP contribution in [0.1, 0.15) is 100 Å². The van der Waals surface area contributed by atoms with Crippen molar-refractivity contribution >= 4 is 5.78 Å². The molecule has 0 radical (unpaired) electrons. The minimum atomic E-state index is -0.936. The van der Waals surface area contributed by atoms with E-state index in [0.29, 0.717) is 18.6 Å². The van der Waals surface area contributed by atoms with Crippen LogP contribution in [0, 0.1) is 39.4 Å². The number of rotatable bonds is 4. The third-order valence-electron chi connectivity index (χ3n) is 11.4. The van der Waals surface area contributed by atoms with Crippen molar-refractivity contribution in [3.05, 3.63) is 23.8 Å². The Morgan fingerprint density at radius 2 is 1.68 bits per heavy atom. The Kier molecular flexibility index (Phi) is 5.96. The molecular weight excluding hydrogens is 424 g/mol. The Morgan fingerprint density at radius 3 is 2.29 bits per heavy atom. The van der Waals surface area contributed by atoms with Gasteiger partial charge in [-0.3, -0.25) is 4.79 Å². The molecule has 0 heterocycles. The van der Waals surface area contributed by atoms with Gasteiger partial charge < -0.3 is 15.3 Å². The summed E-state index contributed by atoms with van der Waals surface area (Å²) in [6.07, 6.45) is 11.1. The zero-order valence-electron chi connectivity index (χ0n) is 22.7. The third kappa shape index (κ3) is 3.53. The molecule has 3 saturated carbocycles. The van der Waals surface area contributed by atoms with Crippen LogP contribution in [-0.4, -0.2) is 38.4 Å².